The van der Waals surface area contributed by atoms with E-state index in [1.165, 1.54) is 6.07 Å². The lowest BCUT2D eigenvalue weighted by Gasteiger charge is -2.08. The van der Waals surface area contributed by atoms with E-state index in [4.69, 9.17) is 4.74 Å². The molecule has 0 unspecified atom stereocenters. The molecule has 0 amide bonds. The molecule has 0 N–H and O–H groups in total. The van der Waals surface area contributed by atoms with Crippen molar-refractivity contribution in [1.29, 1.82) is 0 Å². The fourth-order valence-corrected chi connectivity index (χ4v) is 1.97. The second-order valence-electron chi connectivity index (χ2n) is 4.32. The van der Waals surface area contributed by atoms with Crippen LogP contribution in [0.4, 0.5) is 4.39 Å². The van der Waals surface area contributed by atoms with Crippen molar-refractivity contribution in [3.63, 3.8) is 0 Å². The van der Waals surface area contributed by atoms with Crippen molar-refractivity contribution >= 4 is 10.8 Å². The molecule has 0 aromatic heterocycles. The van der Waals surface area contributed by atoms with Gasteiger partial charge in [0.15, 0.2) is 0 Å². The topological polar surface area (TPSA) is 9.23 Å². The average molecular weight is 251 g/mol. The summed E-state index contributed by atoms with van der Waals surface area (Å²) in [5, 5.41) is 2.20. The Morgan fingerprint density at radius 3 is 2.79 bits per heavy atom. The third-order valence-corrected chi connectivity index (χ3v) is 3.01. The van der Waals surface area contributed by atoms with Gasteiger partial charge >= 0.3 is 0 Å². The van der Waals surface area contributed by atoms with Gasteiger partial charge < -0.3 is 4.74 Å². The molecule has 0 bridgehead atoms. The zero-order chi connectivity index (χ0) is 13.1. The van der Waals surface area contributed by atoms with Gasteiger partial charge in [-0.05, 0) is 41.1 Å². The van der Waals surface area contributed by atoms with E-state index in [0.717, 1.165) is 16.5 Å². The molecule has 3 aromatic rings. The third kappa shape index (κ3) is 2.58. The second kappa shape index (κ2) is 5.11. The summed E-state index contributed by atoms with van der Waals surface area (Å²) in [6.45, 7) is 0.233. The smallest absolute Gasteiger partial charge is 0.129 e. The van der Waals surface area contributed by atoms with E-state index in [1.807, 2.05) is 36.4 Å². The van der Waals surface area contributed by atoms with Crippen molar-refractivity contribution < 1.29 is 9.13 Å². The Morgan fingerprint density at radius 1 is 1.00 bits per heavy atom. The minimum Gasteiger partial charge on any atom is -0.489 e. The minimum atomic E-state index is -0.238. The molecule has 2 heteroatoms. The van der Waals surface area contributed by atoms with E-state index in [9.17, 15) is 4.39 Å². The lowest BCUT2D eigenvalue weighted by molar-refractivity contribution is 0.300. The van der Waals surface area contributed by atoms with Crippen molar-refractivity contribution in [3.8, 4) is 5.75 Å². The van der Waals surface area contributed by atoms with E-state index in [-0.39, 0.29) is 12.4 Å². The van der Waals surface area contributed by atoms with Gasteiger partial charge in [-0.3, -0.25) is 0 Å². The standard InChI is InChI=1S/C17H12FO/c18-17-8-4-3-7-15(17)12-19-16-10-9-13-5-1-2-6-14(13)11-16/h2-11H,12H2. The lowest BCUT2D eigenvalue weighted by Crippen LogP contribution is -1.98. The lowest BCUT2D eigenvalue weighted by atomic mass is 10.1. The molecule has 1 radical (unpaired) electrons. The highest BCUT2D eigenvalue weighted by molar-refractivity contribution is 5.83. The molecule has 0 saturated heterocycles. The zero-order valence-electron chi connectivity index (χ0n) is 10.3. The number of fused-ring (bicyclic) bond motifs is 1. The first-order valence-electron chi connectivity index (χ1n) is 6.09. The number of halogens is 1. The Bertz CT molecular complexity index is 706. The van der Waals surface area contributed by atoms with Gasteiger partial charge in [0.1, 0.15) is 18.2 Å². The number of rotatable bonds is 3. The van der Waals surface area contributed by atoms with Gasteiger partial charge in [-0.2, -0.15) is 0 Å². The van der Waals surface area contributed by atoms with E-state index >= 15 is 0 Å². The van der Waals surface area contributed by atoms with E-state index in [0.29, 0.717) is 5.56 Å². The van der Waals surface area contributed by atoms with Crippen LogP contribution in [-0.4, -0.2) is 0 Å². The van der Waals surface area contributed by atoms with E-state index in [1.54, 1.807) is 18.2 Å². The first-order chi connectivity index (χ1) is 9.33. The summed E-state index contributed by atoms with van der Waals surface area (Å²) in [6.07, 6.45) is 0. The molecular weight excluding hydrogens is 239 g/mol. The number of ether oxygens (including phenoxy) is 1. The third-order valence-electron chi connectivity index (χ3n) is 3.01. The van der Waals surface area contributed by atoms with Crippen LogP contribution in [0.2, 0.25) is 0 Å². The summed E-state index contributed by atoms with van der Waals surface area (Å²) in [5.41, 5.74) is 0.559. The predicted molar refractivity (Wildman–Crippen MR) is 73.5 cm³/mol. The molecule has 0 spiro atoms. The summed E-state index contributed by atoms with van der Waals surface area (Å²) in [4.78, 5) is 0. The highest BCUT2D eigenvalue weighted by atomic mass is 19.1. The summed E-state index contributed by atoms with van der Waals surface area (Å²) in [6, 6.07) is 21.2. The van der Waals surface area contributed by atoms with Gasteiger partial charge in [0.2, 0.25) is 0 Å². The van der Waals surface area contributed by atoms with Gasteiger partial charge in [0.05, 0.1) is 0 Å². The minimum absolute atomic E-state index is 0.233. The van der Waals surface area contributed by atoms with Crippen LogP contribution < -0.4 is 4.74 Å². The molecule has 0 aliphatic rings. The first-order valence-corrected chi connectivity index (χ1v) is 6.09. The van der Waals surface area contributed by atoms with Crippen LogP contribution in [-0.2, 0) is 6.61 Å². The fraction of sp³-hybridized carbons (Fsp3) is 0.0588. The van der Waals surface area contributed by atoms with Gasteiger partial charge in [-0.15, -0.1) is 0 Å². The van der Waals surface area contributed by atoms with Gasteiger partial charge in [0.25, 0.3) is 0 Å². The largest absolute Gasteiger partial charge is 0.489 e. The van der Waals surface area contributed by atoms with Gasteiger partial charge in [-0.1, -0.05) is 36.4 Å². The Morgan fingerprint density at radius 2 is 1.89 bits per heavy atom. The van der Waals surface area contributed by atoms with Crippen LogP contribution in [0.15, 0.2) is 60.7 Å². The van der Waals surface area contributed by atoms with E-state index in [2.05, 4.69) is 6.07 Å². The second-order valence-corrected chi connectivity index (χ2v) is 4.32. The SMILES string of the molecule is Fc1ccccc1COc1ccc2c[c]ccc2c1. The van der Waals surface area contributed by atoms with Crippen LogP contribution >= 0.6 is 0 Å². The molecule has 0 heterocycles. The molecule has 0 fully saturated rings. The molecule has 3 aromatic carbocycles. The van der Waals surface area contributed by atoms with Crippen LogP contribution in [0.1, 0.15) is 5.56 Å². The van der Waals surface area contributed by atoms with Crippen molar-refractivity contribution in [3.05, 3.63) is 78.1 Å². The maximum absolute atomic E-state index is 13.5. The summed E-state index contributed by atoms with van der Waals surface area (Å²) in [5.74, 6) is 0.500. The Balaban J connectivity index is 1.80. The van der Waals surface area contributed by atoms with Crippen molar-refractivity contribution in [1.82, 2.24) is 0 Å². The van der Waals surface area contributed by atoms with Crippen LogP contribution in [0, 0.1) is 11.9 Å². The molecule has 0 aliphatic heterocycles. The maximum atomic E-state index is 13.5. The highest BCUT2D eigenvalue weighted by Crippen LogP contribution is 2.21. The maximum Gasteiger partial charge on any atom is 0.129 e. The summed E-state index contributed by atoms with van der Waals surface area (Å²) in [7, 11) is 0. The quantitative estimate of drug-likeness (QED) is 0.672. The van der Waals surface area contributed by atoms with Crippen LogP contribution in [0.5, 0.6) is 5.75 Å². The number of benzene rings is 3. The van der Waals surface area contributed by atoms with E-state index < -0.39 is 0 Å². The highest BCUT2D eigenvalue weighted by Gasteiger charge is 2.02. The van der Waals surface area contributed by atoms with Gasteiger partial charge in [0, 0.05) is 5.56 Å². The summed E-state index contributed by atoms with van der Waals surface area (Å²) < 4.78 is 19.1. The van der Waals surface area contributed by atoms with Crippen molar-refractivity contribution in [2.45, 2.75) is 6.61 Å². The normalized spacial score (nSPS) is 10.6. The molecule has 0 saturated carbocycles. The Kier molecular flexibility index (Phi) is 3.15. The zero-order valence-corrected chi connectivity index (χ0v) is 10.3. The molecule has 0 aliphatic carbocycles. The molecule has 19 heavy (non-hydrogen) atoms. The molecule has 3 rings (SSSR count). The van der Waals surface area contributed by atoms with Crippen molar-refractivity contribution in [2.75, 3.05) is 0 Å². The monoisotopic (exact) mass is 251 g/mol. The van der Waals surface area contributed by atoms with Gasteiger partial charge in [-0.25, -0.2) is 4.39 Å². The summed E-state index contributed by atoms with van der Waals surface area (Å²) >= 11 is 0. The fourth-order valence-electron chi connectivity index (χ4n) is 1.97. The molecule has 93 valence electrons. The Hall–Kier alpha value is -2.35. The number of hydrogen-bond acceptors (Lipinski definition) is 1. The van der Waals surface area contributed by atoms with Crippen LogP contribution in [0.25, 0.3) is 10.8 Å². The Labute approximate surface area is 111 Å². The van der Waals surface area contributed by atoms with Crippen molar-refractivity contribution in [2.24, 2.45) is 0 Å². The van der Waals surface area contributed by atoms with Crippen LogP contribution in [0.3, 0.4) is 0 Å². The number of hydrogen-bond donors (Lipinski definition) is 0. The molecular formula is C17H12FO. The average Bonchev–Trinajstić information content (AvgIpc) is 2.46. The predicted octanol–water partition coefficient (Wildman–Crippen LogP) is 4.36. The first kappa shape index (κ1) is 11.7. The molecule has 0 atom stereocenters. The molecule has 1 nitrogen and oxygen atoms in total.